The second-order valence-electron chi connectivity index (χ2n) is 7.12. The lowest BCUT2D eigenvalue weighted by molar-refractivity contribution is 0.789. The molecule has 2 aromatic heterocycles. The second-order valence-corrected chi connectivity index (χ2v) is 7.12. The molecule has 0 radical (unpaired) electrons. The fraction of sp³-hybridized carbons (Fsp3) is 0.217. The van der Waals surface area contributed by atoms with Gasteiger partial charge in [-0.15, -0.1) is 0 Å². The van der Waals surface area contributed by atoms with Crippen molar-refractivity contribution in [1.82, 2.24) is 9.97 Å². The van der Waals surface area contributed by atoms with E-state index in [1.54, 1.807) is 6.20 Å². The molecular weight excluding hydrogens is 346 g/mol. The molecule has 0 fully saturated rings. The average Bonchev–Trinajstić information content (AvgIpc) is 2.87. The maximum atomic E-state index is 5.04. The van der Waals surface area contributed by atoms with E-state index >= 15 is 0 Å². The van der Waals surface area contributed by atoms with Crippen LogP contribution in [-0.4, -0.2) is 30.1 Å². The number of hydrogen-bond acceptors (Lipinski definition) is 5. The van der Waals surface area contributed by atoms with E-state index in [9.17, 15) is 0 Å². The number of aryl methyl sites for hydroxylation is 1. The standard InChI is InChI=1S/C23H25N5/c1-17-8-6-9-19(16-17)20-11-12-21-23(26-20)28(15-7-14-27(21)3)18(2)25-22-10-4-5-13-24-22/h4-6,8-13,16H,2,7,14-15H2,1,3H3,(H,24,25). The molecule has 28 heavy (non-hydrogen) atoms. The third kappa shape index (κ3) is 3.69. The van der Waals surface area contributed by atoms with E-state index in [1.807, 2.05) is 18.2 Å². The summed E-state index contributed by atoms with van der Waals surface area (Å²) in [7, 11) is 2.12. The molecule has 142 valence electrons. The molecule has 4 rings (SSSR count). The van der Waals surface area contributed by atoms with Gasteiger partial charge in [-0.3, -0.25) is 0 Å². The zero-order valence-corrected chi connectivity index (χ0v) is 16.4. The Kier molecular flexibility index (Phi) is 4.98. The predicted molar refractivity (Wildman–Crippen MR) is 117 cm³/mol. The van der Waals surface area contributed by atoms with Crippen molar-refractivity contribution in [2.75, 3.05) is 35.3 Å². The summed E-state index contributed by atoms with van der Waals surface area (Å²) in [4.78, 5) is 13.8. The van der Waals surface area contributed by atoms with Gasteiger partial charge in [-0.1, -0.05) is 36.4 Å². The molecule has 1 aliphatic heterocycles. The van der Waals surface area contributed by atoms with Gasteiger partial charge in [0.05, 0.1) is 11.4 Å². The quantitative estimate of drug-likeness (QED) is 0.721. The Morgan fingerprint density at radius 1 is 1.07 bits per heavy atom. The smallest absolute Gasteiger partial charge is 0.158 e. The van der Waals surface area contributed by atoms with Gasteiger partial charge in [-0.05, 0) is 43.7 Å². The molecule has 0 aliphatic carbocycles. The summed E-state index contributed by atoms with van der Waals surface area (Å²) in [5.41, 5.74) is 4.42. The molecule has 1 aromatic carbocycles. The largest absolute Gasteiger partial charge is 0.372 e. The number of anilines is 3. The molecule has 1 aliphatic rings. The molecule has 3 heterocycles. The molecule has 3 aromatic rings. The third-order valence-corrected chi connectivity index (χ3v) is 4.97. The average molecular weight is 371 g/mol. The maximum Gasteiger partial charge on any atom is 0.158 e. The lowest BCUT2D eigenvalue weighted by atomic mass is 10.1. The molecule has 0 unspecified atom stereocenters. The minimum atomic E-state index is 0.779. The SMILES string of the molecule is C=C(Nc1ccccn1)N1CCCN(C)c2ccc(-c3cccc(C)c3)nc21. The Labute approximate surface area is 166 Å². The van der Waals surface area contributed by atoms with Crippen LogP contribution in [0.3, 0.4) is 0 Å². The van der Waals surface area contributed by atoms with Gasteiger partial charge < -0.3 is 15.1 Å². The summed E-state index contributed by atoms with van der Waals surface area (Å²) in [5.74, 6) is 2.48. The summed E-state index contributed by atoms with van der Waals surface area (Å²) in [6, 6.07) is 18.5. The van der Waals surface area contributed by atoms with Crippen molar-refractivity contribution in [3.8, 4) is 11.3 Å². The molecule has 0 amide bonds. The van der Waals surface area contributed by atoms with Crippen LogP contribution in [0.4, 0.5) is 17.3 Å². The number of nitrogens with zero attached hydrogens (tertiary/aromatic N) is 4. The van der Waals surface area contributed by atoms with E-state index < -0.39 is 0 Å². The highest BCUT2D eigenvalue weighted by atomic mass is 15.3. The number of hydrogen-bond donors (Lipinski definition) is 1. The zero-order chi connectivity index (χ0) is 19.5. The van der Waals surface area contributed by atoms with Crippen molar-refractivity contribution in [3.63, 3.8) is 0 Å². The first kappa shape index (κ1) is 18.0. The second kappa shape index (κ2) is 7.72. The molecule has 0 spiro atoms. The summed E-state index contributed by atoms with van der Waals surface area (Å²) in [5, 5.41) is 3.33. The van der Waals surface area contributed by atoms with E-state index in [1.165, 1.54) is 5.56 Å². The van der Waals surface area contributed by atoms with E-state index in [0.29, 0.717) is 0 Å². The van der Waals surface area contributed by atoms with Crippen molar-refractivity contribution in [3.05, 3.63) is 78.8 Å². The minimum absolute atomic E-state index is 0.779. The minimum Gasteiger partial charge on any atom is -0.372 e. The number of fused-ring (bicyclic) bond motifs is 1. The lowest BCUT2D eigenvalue weighted by Crippen LogP contribution is -2.28. The van der Waals surface area contributed by atoms with Crippen molar-refractivity contribution in [2.45, 2.75) is 13.3 Å². The number of benzene rings is 1. The molecule has 0 atom stereocenters. The van der Waals surface area contributed by atoms with E-state index in [0.717, 1.165) is 53.9 Å². The summed E-state index contributed by atoms with van der Waals surface area (Å²) in [6.07, 6.45) is 2.80. The van der Waals surface area contributed by atoms with Crippen LogP contribution in [0.2, 0.25) is 0 Å². The van der Waals surface area contributed by atoms with E-state index in [2.05, 4.69) is 77.0 Å². The number of pyridine rings is 2. The number of aromatic nitrogens is 2. The molecule has 0 bridgehead atoms. The van der Waals surface area contributed by atoms with E-state index in [4.69, 9.17) is 4.98 Å². The Bertz CT molecular complexity index is 983. The van der Waals surface area contributed by atoms with Crippen LogP contribution >= 0.6 is 0 Å². The highest BCUT2D eigenvalue weighted by Gasteiger charge is 2.23. The van der Waals surface area contributed by atoms with Gasteiger partial charge in [0.25, 0.3) is 0 Å². The van der Waals surface area contributed by atoms with Gasteiger partial charge in [0, 0.05) is 31.9 Å². The fourth-order valence-corrected chi connectivity index (χ4v) is 3.51. The first-order valence-electron chi connectivity index (χ1n) is 9.55. The fourth-order valence-electron chi connectivity index (χ4n) is 3.51. The van der Waals surface area contributed by atoms with Crippen LogP contribution in [0.5, 0.6) is 0 Å². The van der Waals surface area contributed by atoms with Crippen molar-refractivity contribution in [2.24, 2.45) is 0 Å². The first-order chi connectivity index (χ1) is 13.6. The zero-order valence-electron chi connectivity index (χ0n) is 16.4. The summed E-state index contributed by atoms with van der Waals surface area (Å²) >= 11 is 0. The monoisotopic (exact) mass is 371 g/mol. The van der Waals surface area contributed by atoms with Gasteiger partial charge in [-0.2, -0.15) is 0 Å². The first-order valence-corrected chi connectivity index (χ1v) is 9.55. The van der Waals surface area contributed by atoms with Crippen LogP contribution in [0.1, 0.15) is 12.0 Å². The van der Waals surface area contributed by atoms with Crippen LogP contribution in [0.25, 0.3) is 11.3 Å². The molecule has 5 heteroatoms. The highest BCUT2D eigenvalue weighted by Crippen LogP contribution is 2.34. The van der Waals surface area contributed by atoms with Crippen LogP contribution in [-0.2, 0) is 0 Å². The summed E-state index contributed by atoms with van der Waals surface area (Å²) in [6.45, 7) is 8.20. The molecule has 5 nitrogen and oxygen atoms in total. The highest BCUT2D eigenvalue weighted by molar-refractivity contribution is 5.75. The molecular formula is C23H25N5. The van der Waals surface area contributed by atoms with E-state index in [-0.39, 0.29) is 0 Å². The van der Waals surface area contributed by atoms with Crippen LogP contribution in [0, 0.1) is 6.92 Å². The van der Waals surface area contributed by atoms with Crippen molar-refractivity contribution >= 4 is 17.3 Å². The Morgan fingerprint density at radius 2 is 1.96 bits per heavy atom. The topological polar surface area (TPSA) is 44.3 Å². The third-order valence-electron chi connectivity index (χ3n) is 4.97. The maximum absolute atomic E-state index is 5.04. The molecule has 1 N–H and O–H groups in total. The Morgan fingerprint density at radius 3 is 2.75 bits per heavy atom. The van der Waals surface area contributed by atoms with Gasteiger partial charge in [0.1, 0.15) is 11.6 Å². The Balaban J connectivity index is 1.72. The molecule has 0 saturated carbocycles. The van der Waals surface area contributed by atoms with Gasteiger partial charge >= 0.3 is 0 Å². The van der Waals surface area contributed by atoms with Crippen molar-refractivity contribution in [1.29, 1.82) is 0 Å². The Hall–Kier alpha value is -3.34. The van der Waals surface area contributed by atoms with Gasteiger partial charge in [0.2, 0.25) is 0 Å². The van der Waals surface area contributed by atoms with Crippen LogP contribution in [0.15, 0.2) is 73.2 Å². The molecule has 0 saturated heterocycles. The predicted octanol–water partition coefficient (Wildman–Crippen LogP) is 4.68. The lowest BCUT2D eigenvalue weighted by Gasteiger charge is -2.27. The van der Waals surface area contributed by atoms with Gasteiger partial charge in [0.15, 0.2) is 5.82 Å². The normalized spacial score (nSPS) is 13.6. The van der Waals surface area contributed by atoms with Gasteiger partial charge in [-0.25, -0.2) is 9.97 Å². The van der Waals surface area contributed by atoms with Crippen LogP contribution < -0.4 is 15.1 Å². The number of nitrogens with one attached hydrogen (secondary N) is 1. The summed E-state index contributed by atoms with van der Waals surface area (Å²) < 4.78 is 0. The number of rotatable bonds is 4. The van der Waals surface area contributed by atoms with Crippen molar-refractivity contribution < 1.29 is 0 Å².